The summed E-state index contributed by atoms with van der Waals surface area (Å²) in [6.07, 6.45) is 5.36. The van der Waals surface area contributed by atoms with E-state index >= 15 is 0 Å². The number of nitrogens with zero attached hydrogens (tertiary/aromatic N) is 1. The maximum Gasteiger partial charge on any atom is 0.237 e. The smallest absolute Gasteiger partial charge is 0.237 e. The third-order valence-corrected chi connectivity index (χ3v) is 6.36. The van der Waals surface area contributed by atoms with Gasteiger partial charge in [0.15, 0.2) is 0 Å². The van der Waals surface area contributed by atoms with Gasteiger partial charge in [-0.15, -0.1) is 11.3 Å². The first-order valence-electron chi connectivity index (χ1n) is 9.13. The molecule has 0 aliphatic carbocycles. The second-order valence-electron chi connectivity index (χ2n) is 6.97. The van der Waals surface area contributed by atoms with Crippen LogP contribution in [-0.4, -0.2) is 48.9 Å². The molecule has 2 aliphatic rings. The van der Waals surface area contributed by atoms with Gasteiger partial charge in [-0.25, -0.2) is 0 Å². The number of halogens is 1. The summed E-state index contributed by atoms with van der Waals surface area (Å²) in [5, 5.41) is 8.93. The highest BCUT2D eigenvalue weighted by atomic mass is 35.5. The van der Waals surface area contributed by atoms with E-state index < -0.39 is 0 Å². The van der Waals surface area contributed by atoms with E-state index in [-0.39, 0.29) is 17.9 Å². The predicted molar refractivity (Wildman–Crippen MR) is 101 cm³/mol. The summed E-state index contributed by atoms with van der Waals surface area (Å²) in [4.78, 5) is 27.7. The molecule has 2 amide bonds. The lowest BCUT2D eigenvalue weighted by molar-refractivity contribution is -0.132. The fourth-order valence-corrected chi connectivity index (χ4v) is 4.68. The van der Waals surface area contributed by atoms with Crippen molar-refractivity contribution in [3.05, 3.63) is 21.3 Å². The molecular weight excluding hydrogens is 358 g/mol. The molecule has 7 heteroatoms. The summed E-state index contributed by atoms with van der Waals surface area (Å²) in [5.41, 5.74) is 0. The third-order valence-electron chi connectivity index (χ3n) is 5.02. The third kappa shape index (κ3) is 5.43. The van der Waals surface area contributed by atoms with Crippen molar-refractivity contribution in [1.82, 2.24) is 15.5 Å². The Bertz CT molecular complexity index is 601. The van der Waals surface area contributed by atoms with Gasteiger partial charge in [-0.2, -0.15) is 0 Å². The van der Waals surface area contributed by atoms with Crippen molar-refractivity contribution in [2.24, 2.45) is 5.92 Å². The minimum absolute atomic E-state index is 0.0288. The number of hydrogen-bond donors (Lipinski definition) is 2. The molecule has 2 N–H and O–H groups in total. The highest BCUT2D eigenvalue weighted by molar-refractivity contribution is 7.10. The van der Waals surface area contributed by atoms with Crippen LogP contribution in [0.5, 0.6) is 0 Å². The summed E-state index contributed by atoms with van der Waals surface area (Å²) in [5.74, 6) is 0.674. The van der Waals surface area contributed by atoms with Crippen LogP contribution in [0.1, 0.15) is 37.0 Å². The first-order chi connectivity index (χ1) is 12.1. The van der Waals surface area contributed by atoms with Gasteiger partial charge in [-0.3, -0.25) is 9.59 Å². The Labute approximate surface area is 158 Å². The van der Waals surface area contributed by atoms with E-state index in [1.165, 1.54) is 0 Å². The summed E-state index contributed by atoms with van der Waals surface area (Å²) < 4.78 is 0. The van der Waals surface area contributed by atoms with Crippen molar-refractivity contribution in [2.45, 2.75) is 44.6 Å². The van der Waals surface area contributed by atoms with Gasteiger partial charge in [0.1, 0.15) is 0 Å². The normalized spacial score (nSPS) is 23.6. The number of carbonyl (C=O) groups is 2. The molecule has 0 spiro atoms. The molecule has 2 saturated heterocycles. The fourth-order valence-electron chi connectivity index (χ4n) is 3.61. The van der Waals surface area contributed by atoms with Crippen LogP contribution in [-0.2, 0) is 16.0 Å². The fraction of sp³-hybridized carbons (Fsp3) is 0.667. The topological polar surface area (TPSA) is 61.4 Å². The van der Waals surface area contributed by atoms with Crippen LogP contribution in [0.4, 0.5) is 0 Å². The maximum absolute atomic E-state index is 12.5. The molecule has 1 aromatic heterocycles. The predicted octanol–water partition coefficient (Wildman–Crippen LogP) is 2.44. The van der Waals surface area contributed by atoms with E-state index in [0.717, 1.165) is 61.6 Å². The Kier molecular flexibility index (Phi) is 6.73. The first-order valence-corrected chi connectivity index (χ1v) is 10.4. The number of carbonyl (C=O) groups excluding carboxylic acids is 2. The molecule has 2 atom stereocenters. The van der Waals surface area contributed by atoms with Crippen LogP contribution in [0.25, 0.3) is 0 Å². The van der Waals surface area contributed by atoms with E-state index in [4.69, 9.17) is 11.6 Å². The van der Waals surface area contributed by atoms with Crippen molar-refractivity contribution < 1.29 is 9.59 Å². The van der Waals surface area contributed by atoms with Crippen molar-refractivity contribution in [3.63, 3.8) is 0 Å². The quantitative estimate of drug-likeness (QED) is 0.793. The molecular formula is C18H26ClN3O2S. The molecule has 2 fully saturated rings. The van der Waals surface area contributed by atoms with Crippen LogP contribution in [0.3, 0.4) is 0 Å². The lowest BCUT2D eigenvalue weighted by Gasteiger charge is -2.33. The van der Waals surface area contributed by atoms with Gasteiger partial charge in [0, 0.05) is 36.3 Å². The summed E-state index contributed by atoms with van der Waals surface area (Å²) >= 11 is 7.53. The first kappa shape index (κ1) is 18.7. The molecule has 1 aromatic rings. The number of hydrogen-bond acceptors (Lipinski definition) is 4. The largest absolute Gasteiger partial charge is 0.354 e. The molecule has 0 bridgehead atoms. The molecule has 2 unspecified atom stereocenters. The number of piperidine rings is 1. The van der Waals surface area contributed by atoms with Crippen LogP contribution in [0.15, 0.2) is 11.4 Å². The van der Waals surface area contributed by atoms with Crippen LogP contribution >= 0.6 is 22.9 Å². The number of nitrogens with one attached hydrogen (secondary N) is 2. The van der Waals surface area contributed by atoms with Crippen molar-refractivity contribution in [2.75, 3.05) is 26.2 Å². The molecule has 138 valence electrons. The monoisotopic (exact) mass is 383 g/mol. The number of thiophene rings is 1. The standard InChI is InChI=1S/C18H26ClN3O2S/c19-14-9-15(25-12-14)5-6-17(23)22-8-2-3-13(11-22)10-21-18(24)16-4-1-7-20-16/h9,12-13,16,20H,1-8,10-11H2,(H,21,24). The van der Waals surface area contributed by atoms with E-state index in [1.54, 1.807) is 11.3 Å². The van der Waals surface area contributed by atoms with Crippen LogP contribution < -0.4 is 10.6 Å². The van der Waals surface area contributed by atoms with Gasteiger partial charge >= 0.3 is 0 Å². The van der Waals surface area contributed by atoms with E-state index in [1.807, 2.05) is 16.3 Å². The molecule has 0 aromatic carbocycles. The number of amides is 2. The van der Waals surface area contributed by atoms with Gasteiger partial charge in [0.2, 0.25) is 11.8 Å². The molecule has 5 nitrogen and oxygen atoms in total. The molecule has 0 radical (unpaired) electrons. The zero-order chi connectivity index (χ0) is 17.6. The Hall–Kier alpha value is -1.11. The van der Waals surface area contributed by atoms with E-state index in [9.17, 15) is 9.59 Å². The van der Waals surface area contributed by atoms with Gasteiger partial charge in [-0.05, 0) is 50.6 Å². The van der Waals surface area contributed by atoms with Gasteiger partial charge < -0.3 is 15.5 Å². The Morgan fingerprint density at radius 3 is 2.96 bits per heavy atom. The number of aryl methyl sites for hydroxylation is 1. The number of rotatable bonds is 6. The minimum Gasteiger partial charge on any atom is -0.354 e. The highest BCUT2D eigenvalue weighted by Gasteiger charge is 2.26. The average molecular weight is 384 g/mol. The second kappa shape index (κ2) is 9.01. The molecule has 2 aliphatic heterocycles. The lowest BCUT2D eigenvalue weighted by atomic mass is 9.97. The van der Waals surface area contributed by atoms with Crippen molar-refractivity contribution in [1.29, 1.82) is 0 Å². The molecule has 0 saturated carbocycles. The summed E-state index contributed by atoms with van der Waals surface area (Å²) in [6, 6.07) is 1.91. The average Bonchev–Trinajstić information content (AvgIpc) is 3.29. The van der Waals surface area contributed by atoms with Gasteiger partial charge in [-0.1, -0.05) is 11.6 Å². The van der Waals surface area contributed by atoms with E-state index in [0.29, 0.717) is 18.9 Å². The molecule has 3 heterocycles. The Morgan fingerprint density at radius 2 is 2.24 bits per heavy atom. The van der Waals surface area contributed by atoms with Crippen molar-refractivity contribution >= 4 is 34.8 Å². The van der Waals surface area contributed by atoms with Crippen LogP contribution in [0, 0.1) is 5.92 Å². The van der Waals surface area contributed by atoms with Crippen molar-refractivity contribution in [3.8, 4) is 0 Å². The maximum atomic E-state index is 12.5. The van der Waals surface area contributed by atoms with Gasteiger partial charge in [0.05, 0.1) is 11.1 Å². The zero-order valence-corrected chi connectivity index (χ0v) is 16.0. The Morgan fingerprint density at radius 1 is 1.36 bits per heavy atom. The summed E-state index contributed by atoms with van der Waals surface area (Å²) in [6.45, 7) is 3.18. The minimum atomic E-state index is -0.0288. The van der Waals surface area contributed by atoms with Gasteiger partial charge in [0.25, 0.3) is 0 Å². The Balaban J connectivity index is 1.40. The highest BCUT2D eigenvalue weighted by Crippen LogP contribution is 2.22. The molecule has 3 rings (SSSR count). The SMILES string of the molecule is O=C(NCC1CCCN(C(=O)CCc2cc(Cl)cs2)C1)C1CCCN1. The lowest BCUT2D eigenvalue weighted by Crippen LogP contribution is -2.46. The number of likely N-dealkylation sites (tertiary alicyclic amines) is 1. The second-order valence-corrected chi connectivity index (χ2v) is 8.41. The molecule has 25 heavy (non-hydrogen) atoms. The van der Waals surface area contributed by atoms with Crippen LogP contribution in [0.2, 0.25) is 5.02 Å². The zero-order valence-electron chi connectivity index (χ0n) is 14.4. The summed E-state index contributed by atoms with van der Waals surface area (Å²) in [7, 11) is 0. The van der Waals surface area contributed by atoms with E-state index in [2.05, 4.69) is 10.6 Å².